The Morgan fingerprint density at radius 3 is 2.73 bits per heavy atom. The van der Waals surface area contributed by atoms with Crippen LogP contribution in [0.1, 0.15) is 81.9 Å². The third kappa shape index (κ3) is 6.74. The van der Waals surface area contributed by atoms with Gasteiger partial charge in [0, 0.05) is 43.5 Å². The molecule has 5 rings (SSSR count). The predicted molar refractivity (Wildman–Crippen MR) is 164 cm³/mol. The van der Waals surface area contributed by atoms with E-state index in [-0.39, 0.29) is 23.7 Å². The van der Waals surface area contributed by atoms with Gasteiger partial charge in [0.05, 0.1) is 18.2 Å². The number of anilines is 1. The van der Waals surface area contributed by atoms with Crippen molar-refractivity contribution in [1.29, 1.82) is 0 Å². The van der Waals surface area contributed by atoms with E-state index in [0.29, 0.717) is 13.2 Å². The minimum atomic E-state index is -0.708. The van der Waals surface area contributed by atoms with Gasteiger partial charge in [-0.1, -0.05) is 35.9 Å². The lowest BCUT2D eigenvalue weighted by molar-refractivity contribution is -0.158. The number of fused-ring (bicyclic) bond motifs is 3. The van der Waals surface area contributed by atoms with Gasteiger partial charge in [0.15, 0.2) is 0 Å². The predicted octanol–water partition coefficient (Wildman–Crippen LogP) is 6.83. The minimum Gasteiger partial charge on any atom is -0.490 e. The SMILES string of the molecule is CN1C/C=C/CCCCN2C[C@@]3(CCCc4cc(Cl)ccc43)COc3ccc(cc32)C(C(=O)OC(C)(C)C)CC1=O. The average molecular weight is 579 g/mol. The van der Waals surface area contributed by atoms with Crippen LogP contribution in [-0.2, 0) is 26.2 Å². The Balaban J connectivity index is 1.56. The second-order valence-electron chi connectivity index (χ2n) is 12.9. The lowest BCUT2D eigenvalue weighted by Crippen LogP contribution is -2.46. The first-order valence-corrected chi connectivity index (χ1v) is 15.3. The molecule has 2 atom stereocenters. The number of benzene rings is 2. The Morgan fingerprint density at radius 2 is 1.93 bits per heavy atom. The van der Waals surface area contributed by atoms with Crippen LogP contribution in [0.5, 0.6) is 5.75 Å². The fourth-order valence-electron chi connectivity index (χ4n) is 6.44. The summed E-state index contributed by atoms with van der Waals surface area (Å²) in [6, 6.07) is 12.3. The molecule has 1 aliphatic carbocycles. The lowest BCUT2D eigenvalue weighted by Gasteiger charge is -2.41. The van der Waals surface area contributed by atoms with Crippen LogP contribution in [0, 0.1) is 0 Å². The zero-order valence-corrected chi connectivity index (χ0v) is 25.6. The molecular weight excluding hydrogens is 536 g/mol. The zero-order chi connectivity index (χ0) is 29.2. The van der Waals surface area contributed by atoms with Crippen molar-refractivity contribution in [2.45, 2.75) is 82.7 Å². The van der Waals surface area contributed by atoms with E-state index in [9.17, 15) is 9.59 Å². The van der Waals surface area contributed by atoms with E-state index in [2.05, 4.69) is 35.3 Å². The second kappa shape index (κ2) is 12.1. The summed E-state index contributed by atoms with van der Waals surface area (Å²) in [6.45, 7) is 8.40. The van der Waals surface area contributed by atoms with Crippen molar-refractivity contribution in [2.24, 2.45) is 0 Å². The first kappa shape index (κ1) is 29.5. The van der Waals surface area contributed by atoms with Crippen molar-refractivity contribution >= 4 is 29.2 Å². The van der Waals surface area contributed by atoms with E-state index in [1.54, 1.807) is 11.9 Å². The molecule has 0 N–H and O–H groups in total. The largest absolute Gasteiger partial charge is 0.490 e. The third-order valence-corrected chi connectivity index (χ3v) is 8.79. The molecule has 0 fully saturated rings. The van der Waals surface area contributed by atoms with Gasteiger partial charge in [-0.2, -0.15) is 0 Å². The molecule has 1 amide bonds. The summed E-state index contributed by atoms with van der Waals surface area (Å²) in [5.74, 6) is -0.350. The highest BCUT2D eigenvalue weighted by molar-refractivity contribution is 6.30. The number of nitrogens with zero attached hydrogens (tertiary/aromatic N) is 2. The number of rotatable bonds is 1. The van der Waals surface area contributed by atoms with E-state index < -0.39 is 11.5 Å². The molecule has 7 heteroatoms. The van der Waals surface area contributed by atoms with E-state index >= 15 is 0 Å². The Bertz CT molecular complexity index is 1320. The van der Waals surface area contributed by atoms with Crippen molar-refractivity contribution in [3.63, 3.8) is 0 Å². The summed E-state index contributed by atoms with van der Waals surface area (Å²) in [7, 11) is 1.79. The molecule has 0 aromatic heterocycles. The number of carbonyl (C=O) groups is 2. The average Bonchev–Trinajstić information content (AvgIpc) is 3.06. The van der Waals surface area contributed by atoms with Crippen LogP contribution in [0.25, 0.3) is 0 Å². The fraction of sp³-hybridized carbons (Fsp3) is 0.529. The number of likely N-dealkylation sites (N-methyl/N-ethyl adjacent to an activating group) is 1. The first-order valence-electron chi connectivity index (χ1n) is 15.0. The minimum absolute atomic E-state index is 0.0525. The number of amides is 1. The maximum absolute atomic E-state index is 13.5. The molecule has 1 spiro atoms. The summed E-state index contributed by atoms with van der Waals surface area (Å²) in [4.78, 5) is 30.9. The van der Waals surface area contributed by atoms with Crippen molar-refractivity contribution in [3.8, 4) is 5.75 Å². The van der Waals surface area contributed by atoms with E-state index in [1.165, 1.54) is 11.1 Å². The maximum atomic E-state index is 13.5. The number of halogens is 1. The highest BCUT2D eigenvalue weighted by Gasteiger charge is 2.42. The molecule has 2 aliphatic heterocycles. The summed E-state index contributed by atoms with van der Waals surface area (Å²) >= 11 is 6.40. The number of ether oxygens (including phenoxy) is 2. The highest BCUT2D eigenvalue weighted by atomic mass is 35.5. The monoisotopic (exact) mass is 578 g/mol. The molecule has 2 aromatic rings. The van der Waals surface area contributed by atoms with E-state index in [0.717, 1.165) is 73.6 Å². The van der Waals surface area contributed by atoms with Crippen LogP contribution < -0.4 is 9.64 Å². The Kier molecular flexibility index (Phi) is 8.70. The normalized spacial score (nSPS) is 24.4. The van der Waals surface area contributed by atoms with Crippen molar-refractivity contribution in [3.05, 3.63) is 70.3 Å². The van der Waals surface area contributed by atoms with E-state index in [4.69, 9.17) is 21.1 Å². The summed E-state index contributed by atoms with van der Waals surface area (Å²) in [5, 5.41) is 0.777. The van der Waals surface area contributed by atoms with Gasteiger partial charge in [0.2, 0.25) is 5.91 Å². The van der Waals surface area contributed by atoms with Crippen LogP contribution in [0.2, 0.25) is 5.02 Å². The molecule has 0 saturated carbocycles. The van der Waals surface area contributed by atoms with Gasteiger partial charge < -0.3 is 19.3 Å². The smallest absolute Gasteiger partial charge is 0.314 e. The molecule has 0 saturated heterocycles. The third-order valence-electron chi connectivity index (χ3n) is 8.55. The standard InChI is InChI=1S/C34H43ClN2O4/c1-33(2,3)41-32(39)27-21-31(38)36(4)17-8-6-5-7-9-18-37-22-34(23-40-30-15-12-24(27)20-29(30)37)16-10-11-25-19-26(35)13-14-28(25)34/h6,8,12-15,19-20,27H,5,7,9-11,16-18,21-23H2,1-4H3/b8-6+/t27?,34-/m0/s1. The van der Waals surface area contributed by atoms with Crippen LogP contribution >= 0.6 is 11.6 Å². The van der Waals surface area contributed by atoms with Gasteiger partial charge >= 0.3 is 5.97 Å². The van der Waals surface area contributed by atoms with Crippen molar-refractivity contribution < 1.29 is 19.1 Å². The van der Waals surface area contributed by atoms with Gasteiger partial charge in [-0.3, -0.25) is 9.59 Å². The number of hydrogen-bond donors (Lipinski definition) is 0. The summed E-state index contributed by atoms with van der Waals surface area (Å²) in [5.41, 5.74) is 3.61. The van der Waals surface area contributed by atoms with Gasteiger partial charge in [-0.05, 0) is 100 Å². The quantitative estimate of drug-likeness (QED) is 0.274. The molecule has 220 valence electrons. The highest BCUT2D eigenvalue weighted by Crippen LogP contribution is 2.45. The molecule has 2 heterocycles. The van der Waals surface area contributed by atoms with Gasteiger partial charge in [-0.15, -0.1) is 0 Å². The number of carbonyl (C=O) groups excluding carboxylic acids is 2. The van der Waals surface area contributed by atoms with Gasteiger partial charge in [0.1, 0.15) is 11.4 Å². The number of esters is 1. The zero-order valence-electron chi connectivity index (χ0n) is 24.9. The first-order chi connectivity index (χ1) is 19.5. The summed E-state index contributed by atoms with van der Waals surface area (Å²) in [6.07, 6.45) is 10.5. The molecule has 2 bridgehead atoms. The molecule has 41 heavy (non-hydrogen) atoms. The Hall–Kier alpha value is -2.99. The Labute approximate surface area is 249 Å². The van der Waals surface area contributed by atoms with Crippen LogP contribution in [0.3, 0.4) is 0 Å². The van der Waals surface area contributed by atoms with Crippen molar-refractivity contribution in [1.82, 2.24) is 4.90 Å². The number of hydrogen-bond acceptors (Lipinski definition) is 5. The number of allylic oxidation sites excluding steroid dienone is 1. The van der Waals surface area contributed by atoms with Gasteiger partial charge in [-0.25, -0.2) is 0 Å². The summed E-state index contributed by atoms with van der Waals surface area (Å²) < 4.78 is 12.4. The Morgan fingerprint density at radius 1 is 1.10 bits per heavy atom. The fourth-order valence-corrected chi connectivity index (χ4v) is 6.64. The molecule has 6 nitrogen and oxygen atoms in total. The van der Waals surface area contributed by atoms with Crippen LogP contribution in [0.4, 0.5) is 5.69 Å². The van der Waals surface area contributed by atoms with Gasteiger partial charge in [0.25, 0.3) is 0 Å². The molecule has 2 aromatic carbocycles. The topological polar surface area (TPSA) is 59.1 Å². The van der Waals surface area contributed by atoms with Crippen molar-refractivity contribution in [2.75, 3.05) is 38.2 Å². The van der Waals surface area contributed by atoms with E-state index in [1.807, 2.05) is 39.0 Å². The number of aryl methyl sites for hydroxylation is 1. The molecular formula is C34H43ClN2O4. The van der Waals surface area contributed by atoms with Crippen LogP contribution in [0.15, 0.2) is 48.6 Å². The molecule has 1 unspecified atom stereocenters. The lowest BCUT2D eigenvalue weighted by atomic mass is 9.70. The molecule has 0 radical (unpaired) electrons. The maximum Gasteiger partial charge on any atom is 0.314 e. The molecule has 3 aliphatic rings. The second-order valence-corrected chi connectivity index (χ2v) is 13.3. The van der Waals surface area contributed by atoms with Crippen LogP contribution in [-0.4, -0.2) is 55.7 Å².